The number of amides is 1. The molecule has 1 aromatic carbocycles. The van der Waals surface area contributed by atoms with Crippen LogP contribution in [0.5, 0.6) is 0 Å². The molecule has 0 bridgehead atoms. The Balaban J connectivity index is 2.75. The van der Waals surface area contributed by atoms with Crippen LogP contribution in [0.25, 0.3) is 0 Å². The van der Waals surface area contributed by atoms with Crippen LogP contribution in [0.3, 0.4) is 0 Å². The zero-order valence-corrected chi connectivity index (χ0v) is 15.3. The summed E-state index contributed by atoms with van der Waals surface area (Å²) in [5, 5.41) is 0. The van der Waals surface area contributed by atoms with E-state index in [1.165, 1.54) is 7.11 Å². The van der Waals surface area contributed by atoms with Crippen LogP contribution in [0.2, 0.25) is 0 Å². The number of hydrogen-bond donors (Lipinski definition) is 0. The Morgan fingerprint density at radius 3 is 2.25 bits per heavy atom. The van der Waals surface area contributed by atoms with Crippen molar-refractivity contribution in [1.82, 2.24) is 9.80 Å². The number of esters is 1. The molecule has 0 aliphatic rings. The van der Waals surface area contributed by atoms with Gasteiger partial charge in [0.05, 0.1) is 13.0 Å². The van der Waals surface area contributed by atoms with Gasteiger partial charge in [-0.05, 0) is 38.2 Å². The van der Waals surface area contributed by atoms with Gasteiger partial charge in [-0.15, -0.1) is 0 Å². The van der Waals surface area contributed by atoms with E-state index in [0.29, 0.717) is 18.7 Å². The number of rotatable bonds is 10. The lowest BCUT2D eigenvalue weighted by Gasteiger charge is -2.26. The minimum atomic E-state index is -0.337. The average molecular weight is 334 g/mol. The molecule has 0 fully saturated rings. The van der Waals surface area contributed by atoms with E-state index in [2.05, 4.69) is 18.7 Å². The third-order valence-electron chi connectivity index (χ3n) is 4.20. The Kier molecular flexibility index (Phi) is 9.08. The molecule has 0 aliphatic heterocycles. The first-order valence-corrected chi connectivity index (χ1v) is 8.67. The van der Waals surface area contributed by atoms with Crippen molar-refractivity contribution in [1.29, 1.82) is 0 Å². The number of carbonyl (C=O) groups is 2. The van der Waals surface area contributed by atoms with Crippen LogP contribution in [0.4, 0.5) is 0 Å². The van der Waals surface area contributed by atoms with Gasteiger partial charge in [0.15, 0.2) is 0 Å². The van der Waals surface area contributed by atoms with Crippen molar-refractivity contribution in [2.45, 2.75) is 27.2 Å². The number of benzene rings is 1. The van der Waals surface area contributed by atoms with Gasteiger partial charge in [0.1, 0.15) is 0 Å². The maximum Gasteiger partial charge on any atom is 0.310 e. The van der Waals surface area contributed by atoms with Crippen molar-refractivity contribution in [3.63, 3.8) is 0 Å². The van der Waals surface area contributed by atoms with Gasteiger partial charge in [0.2, 0.25) is 0 Å². The van der Waals surface area contributed by atoms with Gasteiger partial charge in [-0.1, -0.05) is 39.0 Å². The first-order valence-electron chi connectivity index (χ1n) is 8.67. The molecule has 0 radical (unpaired) electrons. The standard InChI is InChI=1S/C19H30N2O3/c1-5-20(6-2)13-10-14-21(15-16(3)19(23)24-4)18(22)17-11-8-7-9-12-17/h7-9,11-12,16H,5-6,10,13-15H2,1-4H3. The van der Waals surface area contributed by atoms with Gasteiger partial charge in [0.25, 0.3) is 5.91 Å². The van der Waals surface area contributed by atoms with E-state index in [9.17, 15) is 9.59 Å². The predicted molar refractivity (Wildman–Crippen MR) is 95.9 cm³/mol. The second-order valence-electron chi connectivity index (χ2n) is 5.92. The predicted octanol–water partition coefficient (Wildman–Crippen LogP) is 2.67. The molecule has 0 N–H and O–H groups in total. The van der Waals surface area contributed by atoms with Crippen molar-refractivity contribution in [2.24, 2.45) is 5.92 Å². The molecular weight excluding hydrogens is 304 g/mol. The van der Waals surface area contributed by atoms with Crippen LogP contribution in [-0.4, -0.2) is 61.5 Å². The highest BCUT2D eigenvalue weighted by Gasteiger charge is 2.22. The summed E-state index contributed by atoms with van der Waals surface area (Å²) in [6.07, 6.45) is 0.883. The first-order chi connectivity index (χ1) is 11.5. The second-order valence-corrected chi connectivity index (χ2v) is 5.92. The maximum absolute atomic E-state index is 12.8. The second kappa shape index (κ2) is 10.8. The number of methoxy groups -OCH3 is 1. The summed E-state index contributed by atoms with van der Waals surface area (Å²) in [5.74, 6) is -0.661. The molecule has 0 saturated carbocycles. The number of hydrogen-bond acceptors (Lipinski definition) is 4. The SMILES string of the molecule is CCN(CC)CCCN(CC(C)C(=O)OC)C(=O)c1ccccc1. The summed E-state index contributed by atoms with van der Waals surface area (Å²) in [5.41, 5.74) is 0.650. The molecule has 0 heterocycles. The van der Waals surface area contributed by atoms with Crippen molar-refractivity contribution in [3.05, 3.63) is 35.9 Å². The highest BCUT2D eigenvalue weighted by molar-refractivity contribution is 5.94. The topological polar surface area (TPSA) is 49.9 Å². The number of ether oxygens (including phenoxy) is 1. The van der Waals surface area contributed by atoms with E-state index in [4.69, 9.17) is 4.74 Å². The summed E-state index contributed by atoms with van der Waals surface area (Å²) in [7, 11) is 1.38. The van der Waals surface area contributed by atoms with Crippen LogP contribution < -0.4 is 0 Å². The van der Waals surface area contributed by atoms with Crippen LogP contribution >= 0.6 is 0 Å². The normalized spacial score (nSPS) is 12.0. The zero-order valence-electron chi connectivity index (χ0n) is 15.3. The minimum absolute atomic E-state index is 0.0362. The Hall–Kier alpha value is -1.88. The zero-order chi connectivity index (χ0) is 17.9. The Labute approximate surface area is 145 Å². The van der Waals surface area contributed by atoms with Gasteiger partial charge < -0.3 is 14.5 Å². The van der Waals surface area contributed by atoms with Gasteiger partial charge >= 0.3 is 5.97 Å². The molecule has 134 valence electrons. The van der Waals surface area contributed by atoms with Crippen molar-refractivity contribution < 1.29 is 14.3 Å². The molecule has 0 aromatic heterocycles. The van der Waals surface area contributed by atoms with Crippen molar-refractivity contribution in [2.75, 3.05) is 39.8 Å². The minimum Gasteiger partial charge on any atom is -0.469 e. The van der Waals surface area contributed by atoms with E-state index in [1.54, 1.807) is 11.8 Å². The molecule has 0 spiro atoms. The average Bonchev–Trinajstić information content (AvgIpc) is 2.63. The highest BCUT2D eigenvalue weighted by atomic mass is 16.5. The Morgan fingerprint density at radius 2 is 1.71 bits per heavy atom. The lowest BCUT2D eigenvalue weighted by atomic mass is 10.1. The fourth-order valence-electron chi connectivity index (χ4n) is 2.67. The van der Waals surface area contributed by atoms with Crippen molar-refractivity contribution >= 4 is 11.9 Å². The van der Waals surface area contributed by atoms with Gasteiger partial charge in [-0.2, -0.15) is 0 Å². The van der Waals surface area contributed by atoms with Gasteiger partial charge in [-0.25, -0.2) is 0 Å². The maximum atomic E-state index is 12.8. The fraction of sp³-hybridized carbons (Fsp3) is 0.579. The largest absolute Gasteiger partial charge is 0.469 e. The molecule has 5 heteroatoms. The lowest BCUT2D eigenvalue weighted by Crippen LogP contribution is -2.39. The fourth-order valence-corrected chi connectivity index (χ4v) is 2.67. The molecule has 1 unspecified atom stereocenters. The smallest absolute Gasteiger partial charge is 0.310 e. The van der Waals surface area contributed by atoms with E-state index >= 15 is 0 Å². The van der Waals surface area contributed by atoms with Crippen LogP contribution in [0.15, 0.2) is 30.3 Å². The van der Waals surface area contributed by atoms with Gasteiger partial charge in [0, 0.05) is 18.7 Å². The summed E-state index contributed by atoms with van der Waals surface area (Å²) >= 11 is 0. The molecule has 0 aliphatic carbocycles. The quantitative estimate of drug-likeness (QED) is 0.617. The molecular formula is C19H30N2O3. The summed E-state index contributed by atoms with van der Waals surface area (Å²) in [6, 6.07) is 9.21. The van der Waals surface area contributed by atoms with Crippen LogP contribution in [0.1, 0.15) is 37.6 Å². The Morgan fingerprint density at radius 1 is 1.08 bits per heavy atom. The molecule has 24 heavy (non-hydrogen) atoms. The Bertz CT molecular complexity index is 501. The van der Waals surface area contributed by atoms with Crippen molar-refractivity contribution in [3.8, 4) is 0 Å². The lowest BCUT2D eigenvalue weighted by molar-refractivity contribution is -0.145. The third-order valence-corrected chi connectivity index (χ3v) is 4.20. The molecule has 5 nitrogen and oxygen atoms in total. The molecule has 0 saturated heterocycles. The molecule has 1 amide bonds. The van der Waals surface area contributed by atoms with Crippen LogP contribution in [-0.2, 0) is 9.53 Å². The molecule has 1 atom stereocenters. The third kappa shape index (κ3) is 6.32. The highest BCUT2D eigenvalue weighted by Crippen LogP contribution is 2.10. The van der Waals surface area contributed by atoms with Crippen LogP contribution in [0, 0.1) is 5.92 Å². The summed E-state index contributed by atoms with van der Waals surface area (Å²) in [4.78, 5) is 28.6. The number of carbonyl (C=O) groups excluding carboxylic acids is 2. The molecule has 1 rings (SSSR count). The first kappa shape index (κ1) is 20.2. The summed E-state index contributed by atoms with van der Waals surface area (Å²) in [6.45, 7) is 10.0. The molecule has 1 aromatic rings. The van der Waals surface area contributed by atoms with E-state index in [1.807, 2.05) is 30.3 Å². The van der Waals surface area contributed by atoms with E-state index < -0.39 is 0 Å². The van der Waals surface area contributed by atoms with E-state index in [-0.39, 0.29) is 17.8 Å². The monoisotopic (exact) mass is 334 g/mol. The van der Waals surface area contributed by atoms with E-state index in [0.717, 1.165) is 26.1 Å². The van der Waals surface area contributed by atoms with Gasteiger partial charge in [-0.3, -0.25) is 9.59 Å². The summed E-state index contributed by atoms with van der Waals surface area (Å²) < 4.78 is 4.79. The number of nitrogens with zero attached hydrogens (tertiary/aromatic N) is 2.